The van der Waals surface area contributed by atoms with Gasteiger partial charge in [0.05, 0.1) is 0 Å². The summed E-state index contributed by atoms with van der Waals surface area (Å²) in [6.45, 7) is 4.69. The van der Waals surface area contributed by atoms with E-state index in [1.165, 1.54) is 30.6 Å². The zero-order valence-electron chi connectivity index (χ0n) is 12.7. The average Bonchev–Trinajstić information content (AvgIpc) is 2.92. The average molecular weight is 280 g/mol. The molecule has 1 fully saturated rings. The minimum Gasteiger partial charge on any atom is -0.317 e. The van der Waals surface area contributed by atoms with E-state index in [2.05, 4.69) is 55.7 Å². The molecule has 0 radical (unpaired) electrons. The first-order valence-corrected chi connectivity index (χ1v) is 8.44. The first kappa shape index (κ1) is 15.0. The van der Waals surface area contributed by atoms with Gasteiger partial charge in [0.1, 0.15) is 0 Å². The molecule has 0 spiro atoms. The molecule has 1 aliphatic rings. The van der Waals surface area contributed by atoms with E-state index in [9.17, 15) is 0 Å². The van der Waals surface area contributed by atoms with Gasteiger partial charge in [-0.15, -0.1) is 11.3 Å². The molecule has 0 aromatic carbocycles. The Bertz CT molecular complexity index is 353. The standard InChI is InChI=1S/C16H28N2S/c1-12(2)16(15-6-5-11-19-15)18(4)14-9-7-13(17-3)8-10-14/h5-6,11-14,16-17H,7-10H2,1-4H3. The SMILES string of the molecule is CNC1CCC(N(C)C(c2cccs2)C(C)C)CC1. The molecule has 3 heteroatoms. The summed E-state index contributed by atoms with van der Waals surface area (Å²) in [5.74, 6) is 0.672. The van der Waals surface area contributed by atoms with Crippen LogP contribution in [0.3, 0.4) is 0 Å². The minimum absolute atomic E-state index is 0.580. The van der Waals surface area contributed by atoms with Crippen molar-refractivity contribution in [2.45, 2.75) is 57.7 Å². The summed E-state index contributed by atoms with van der Waals surface area (Å²) in [6, 6.07) is 6.55. The molecule has 0 aliphatic heterocycles. The van der Waals surface area contributed by atoms with Gasteiger partial charge >= 0.3 is 0 Å². The van der Waals surface area contributed by atoms with Gasteiger partial charge in [0.25, 0.3) is 0 Å². The third-order valence-electron chi connectivity index (χ3n) is 4.59. The van der Waals surface area contributed by atoms with Crippen LogP contribution in [0.2, 0.25) is 0 Å². The van der Waals surface area contributed by atoms with E-state index in [4.69, 9.17) is 0 Å². The highest BCUT2D eigenvalue weighted by Gasteiger charge is 2.30. The van der Waals surface area contributed by atoms with Crippen LogP contribution in [0.15, 0.2) is 17.5 Å². The van der Waals surface area contributed by atoms with Gasteiger partial charge in [-0.25, -0.2) is 0 Å². The fourth-order valence-corrected chi connectivity index (χ4v) is 4.51. The molecule has 1 aromatic rings. The van der Waals surface area contributed by atoms with E-state index in [0.29, 0.717) is 12.0 Å². The smallest absolute Gasteiger partial charge is 0.0464 e. The number of nitrogens with one attached hydrogen (secondary N) is 1. The number of nitrogens with zero attached hydrogens (tertiary/aromatic N) is 1. The van der Waals surface area contributed by atoms with Gasteiger partial charge in [0.2, 0.25) is 0 Å². The van der Waals surface area contributed by atoms with Crippen LogP contribution in [0.25, 0.3) is 0 Å². The van der Waals surface area contributed by atoms with E-state index < -0.39 is 0 Å². The lowest BCUT2D eigenvalue weighted by molar-refractivity contribution is 0.103. The van der Waals surface area contributed by atoms with Gasteiger partial charge in [-0.05, 0) is 57.1 Å². The molecule has 108 valence electrons. The second-order valence-corrected chi connectivity index (χ2v) is 7.14. The van der Waals surface area contributed by atoms with Crippen LogP contribution in [0.5, 0.6) is 0 Å². The quantitative estimate of drug-likeness (QED) is 0.880. The van der Waals surface area contributed by atoms with E-state index in [-0.39, 0.29) is 0 Å². The van der Waals surface area contributed by atoms with Crippen molar-refractivity contribution in [3.05, 3.63) is 22.4 Å². The maximum absolute atomic E-state index is 3.43. The van der Waals surface area contributed by atoms with Crippen molar-refractivity contribution in [2.75, 3.05) is 14.1 Å². The van der Waals surface area contributed by atoms with Gasteiger partial charge in [-0.1, -0.05) is 19.9 Å². The molecule has 2 rings (SSSR count). The van der Waals surface area contributed by atoms with Gasteiger partial charge in [0, 0.05) is 23.0 Å². The van der Waals surface area contributed by atoms with Crippen molar-refractivity contribution in [1.82, 2.24) is 10.2 Å². The summed E-state index contributed by atoms with van der Waals surface area (Å²) in [7, 11) is 4.42. The van der Waals surface area contributed by atoms with Crippen molar-refractivity contribution in [2.24, 2.45) is 5.92 Å². The van der Waals surface area contributed by atoms with Crippen LogP contribution in [0, 0.1) is 5.92 Å². The van der Waals surface area contributed by atoms with Gasteiger partial charge < -0.3 is 5.32 Å². The molecule has 0 bridgehead atoms. The fourth-order valence-electron chi connectivity index (χ4n) is 3.46. The first-order chi connectivity index (χ1) is 9.13. The molecule has 1 saturated carbocycles. The summed E-state index contributed by atoms with van der Waals surface area (Å²) in [5.41, 5.74) is 0. The molecule has 0 saturated heterocycles. The van der Waals surface area contributed by atoms with Crippen molar-refractivity contribution in [1.29, 1.82) is 0 Å². The zero-order valence-corrected chi connectivity index (χ0v) is 13.5. The van der Waals surface area contributed by atoms with Crippen LogP contribution in [-0.2, 0) is 0 Å². The number of hydrogen-bond donors (Lipinski definition) is 1. The summed E-state index contributed by atoms with van der Waals surface area (Å²) in [6.07, 6.45) is 5.30. The topological polar surface area (TPSA) is 15.3 Å². The number of thiophene rings is 1. The molecule has 2 nitrogen and oxygen atoms in total. The summed E-state index contributed by atoms with van der Waals surface area (Å²) in [4.78, 5) is 4.16. The van der Waals surface area contributed by atoms with Crippen molar-refractivity contribution in [3.8, 4) is 0 Å². The zero-order chi connectivity index (χ0) is 13.8. The Labute approximate surface area is 122 Å². The van der Waals surface area contributed by atoms with Crippen LogP contribution < -0.4 is 5.32 Å². The molecule has 1 aromatic heterocycles. The lowest BCUT2D eigenvalue weighted by Crippen LogP contribution is -2.42. The largest absolute Gasteiger partial charge is 0.317 e. The third kappa shape index (κ3) is 3.59. The molecule has 1 aliphatic carbocycles. The van der Waals surface area contributed by atoms with Crippen LogP contribution in [-0.4, -0.2) is 31.1 Å². The van der Waals surface area contributed by atoms with E-state index in [0.717, 1.165) is 12.1 Å². The summed E-state index contributed by atoms with van der Waals surface area (Å²) in [5, 5.41) is 5.63. The fraction of sp³-hybridized carbons (Fsp3) is 0.750. The Morgan fingerprint density at radius 3 is 2.42 bits per heavy atom. The molecule has 19 heavy (non-hydrogen) atoms. The highest BCUT2D eigenvalue weighted by molar-refractivity contribution is 7.10. The number of hydrogen-bond acceptors (Lipinski definition) is 3. The first-order valence-electron chi connectivity index (χ1n) is 7.56. The summed E-state index contributed by atoms with van der Waals surface area (Å²) >= 11 is 1.90. The van der Waals surface area contributed by atoms with Crippen LogP contribution in [0.1, 0.15) is 50.4 Å². The Morgan fingerprint density at radius 2 is 1.95 bits per heavy atom. The molecular formula is C16H28N2S. The lowest BCUT2D eigenvalue weighted by Gasteiger charge is -2.40. The van der Waals surface area contributed by atoms with E-state index in [1.54, 1.807) is 0 Å². The molecular weight excluding hydrogens is 252 g/mol. The van der Waals surface area contributed by atoms with E-state index in [1.807, 2.05) is 11.3 Å². The second-order valence-electron chi connectivity index (χ2n) is 6.16. The van der Waals surface area contributed by atoms with Crippen LogP contribution in [0.4, 0.5) is 0 Å². The highest BCUT2D eigenvalue weighted by Crippen LogP contribution is 2.35. The molecule has 1 N–H and O–H groups in total. The molecule has 1 heterocycles. The lowest BCUT2D eigenvalue weighted by atomic mass is 9.88. The molecule has 1 atom stereocenters. The monoisotopic (exact) mass is 280 g/mol. The van der Waals surface area contributed by atoms with Gasteiger partial charge in [-0.3, -0.25) is 4.90 Å². The van der Waals surface area contributed by atoms with Crippen molar-refractivity contribution < 1.29 is 0 Å². The van der Waals surface area contributed by atoms with Crippen molar-refractivity contribution in [3.63, 3.8) is 0 Å². The Hall–Kier alpha value is -0.380. The Morgan fingerprint density at radius 1 is 1.26 bits per heavy atom. The van der Waals surface area contributed by atoms with Gasteiger partial charge in [0.15, 0.2) is 0 Å². The van der Waals surface area contributed by atoms with Crippen LogP contribution >= 0.6 is 11.3 Å². The third-order valence-corrected chi connectivity index (χ3v) is 5.53. The Balaban J connectivity index is 2.02. The number of rotatable bonds is 5. The van der Waals surface area contributed by atoms with Crippen molar-refractivity contribution >= 4 is 11.3 Å². The molecule has 0 amide bonds. The second kappa shape index (κ2) is 6.87. The van der Waals surface area contributed by atoms with Gasteiger partial charge in [-0.2, -0.15) is 0 Å². The predicted molar refractivity (Wildman–Crippen MR) is 84.8 cm³/mol. The maximum atomic E-state index is 3.43. The van der Waals surface area contributed by atoms with E-state index >= 15 is 0 Å². The minimum atomic E-state index is 0.580. The molecule has 1 unspecified atom stereocenters. The maximum Gasteiger partial charge on any atom is 0.0464 e. The summed E-state index contributed by atoms with van der Waals surface area (Å²) < 4.78 is 0. The predicted octanol–water partition coefficient (Wildman–Crippen LogP) is 3.91. The highest BCUT2D eigenvalue weighted by atomic mass is 32.1. The normalized spacial score (nSPS) is 26.0. The Kier molecular flexibility index (Phi) is 5.43.